The molecule has 2 amide bonds. The van der Waals surface area contributed by atoms with Crippen molar-refractivity contribution in [2.45, 2.75) is 32.7 Å². The van der Waals surface area contributed by atoms with Gasteiger partial charge in [0.25, 0.3) is 5.91 Å². The summed E-state index contributed by atoms with van der Waals surface area (Å²) in [6.45, 7) is 7.06. The molecule has 1 aromatic carbocycles. The Hall–Kier alpha value is -2.18. The van der Waals surface area contributed by atoms with Crippen LogP contribution in [0.1, 0.15) is 48.7 Å². The molecule has 5 nitrogen and oxygen atoms in total. The Kier molecular flexibility index (Phi) is 7.81. The molecule has 0 fully saturated rings. The highest BCUT2D eigenvalue weighted by atomic mass is 32.1. The largest absolute Gasteiger partial charge is 0.355 e. The molecule has 0 bridgehead atoms. The molecule has 0 aliphatic rings. The van der Waals surface area contributed by atoms with Gasteiger partial charge in [0.2, 0.25) is 5.91 Å². The molecule has 6 heteroatoms. The fourth-order valence-corrected chi connectivity index (χ4v) is 3.56. The van der Waals surface area contributed by atoms with E-state index >= 15 is 0 Å². The Morgan fingerprint density at radius 2 is 1.73 bits per heavy atom. The van der Waals surface area contributed by atoms with Crippen LogP contribution in [0.15, 0.2) is 41.8 Å². The molecule has 2 aromatic rings. The highest BCUT2D eigenvalue weighted by Crippen LogP contribution is 2.24. The maximum Gasteiger partial charge on any atom is 0.275 e. The van der Waals surface area contributed by atoms with E-state index in [0.29, 0.717) is 12.5 Å². The number of hydrogen-bond donors (Lipinski definition) is 3. The van der Waals surface area contributed by atoms with E-state index in [9.17, 15) is 9.59 Å². The van der Waals surface area contributed by atoms with Crippen molar-refractivity contribution in [1.82, 2.24) is 10.6 Å². The number of hydrogen-bond acceptors (Lipinski definition) is 3. The maximum absolute atomic E-state index is 12.1. The van der Waals surface area contributed by atoms with Crippen molar-refractivity contribution in [3.63, 3.8) is 0 Å². The van der Waals surface area contributed by atoms with E-state index in [1.54, 1.807) is 11.3 Å². The fraction of sp³-hybridized carbons (Fsp3) is 0.400. The van der Waals surface area contributed by atoms with E-state index in [4.69, 9.17) is 0 Å². The van der Waals surface area contributed by atoms with Crippen LogP contribution in [0.4, 0.5) is 0 Å². The zero-order valence-electron chi connectivity index (χ0n) is 15.6. The summed E-state index contributed by atoms with van der Waals surface area (Å²) in [4.78, 5) is 24.7. The molecule has 26 heavy (non-hydrogen) atoms. The Morgan fingerprint density at radius 3 is 2.31 bits per heavy atom. The minimum absolute atomic E-state index is 0.0211. The molecule has 1 heterocycles. The van der Waals surface area contributed by atoms with Gasteiger partial charge in [-0.15, -0.1) is 11.3 Å². The van der Waals surface area contributed by atoms with Gasteiger partial charge < -0.3 is 16.0 Å². The fourth-order valence-electron chi connectivity index (χ4n) is 2.71. The van der Waals surface area contributed by atoms with Crippen LogP contribution >= 0.6 is 11.3 Å². The summed E-state index contributed by atoms with van der Waals surface area (Å²) >= 11 is 1.69. The SMILES string of the molecule is CCNC(=O)CNC(=O)C[NH2+][C@H](c1ccc(C(C)C)cc1)c1cccs1. The van der Waals surface area contributed by atoms with E-state index in [2.05, 4.69) is 54.8 Å². The topological polar surface area (TPSA) is 74.8 Å². The van der Waals surface area contributed by atoms with Crippen molar-refractivity contribution in [3.05, 3.63) is 57.8 Å². The molecular weight excluding hydrogens is 346 g/mol. The predicted molar refractivity (Wildman–Crippen MR) is 105 cm³/mol. The van der Waals surface area contributed by atoms with Crippen molar-refractivity contribution < 1.29 is 14.9 Å². The van der Waals surface area contributed by atoms with Crippen LogP contribution < -0.4 is 16.0 Å². The first kappa shape index (κ1) is 20.1. The average Bonchev–Trinajstić information content (AvgIpc) is 3.15. The Labute approximate surface area is 159 Å². The molecule has 1 aromatic heterocycles. The second-order valence-corrected chi connectivity index (χ2v) is 7.46. The Bertz CT molecular complexity index is 696. The van der Waals surface area contributed by atoms with Gasteiger partial charge in [-0.1, -0.05) is 44.2 Å². The molecule has 0 spiro atoms. The number of carbonyl (C=O) groups excluding carboxylic acids is 2. The lowest BCUT2D eigenvalue weighted by molar-refractivity contribution is -0.676. The van der Waals surface area contributed by atoms with Gasteiger partial charge in [0.15, 0.2) is 6.54 Å². The summed E-state index contributed by atoms with van der Waals surface area (Å²) in [6.07, 6.45) is 0. The summed E-state index contributed by atoms with van der Waals surface area (Å²) in [5.41, 5.74) is 2.48. The van der Waals surface area contributed by atoms with Crippen LogP contribution in [0.5, 0.6) is 0 Å². The Balaban J connectivity index is 2.00. The van der Waals surface area contributed by atoms with Crippen molar-refractivity contribution >= 4 is 23.2 Å². The second kappa shape index (κ2) is 10.1. The highest BCUT2D eigenvalue weighted by Gasteiger charge is 2.20. The van der Waals surface area contributed by atoms with Gasteiger partial charge in [0.1, 0.15) is 6.04 Å². The van der Waals surface area contributed by atoms with E-state index in [-0.39, 0.29) is 30.9 Å². The summed E-state index contributed by atoms with van der Waals surface area (Å²) < 4.78 is 0. The van der Waals surface area contributed by atoms with Gasteiger partial charge in [0, 0.05) is 12.1 Å². The van der Waals surface area contributed by atoms with Crippen LogP contribution in [0, 0.1) is 0 Å². The predicted octanol–water partition coefficient (Wildman–Crippen LogP) is 1.78. The average molecular weight is 375 g/mol. The zero-order chi connectivity index (χ0) is 18.9. The van der Waals surface area contributed by atoms with Crippen molar-refractivity contribution in [2.75, 3.05) is 19.6 Å². The smallest absolute Gasteiger partial charge is 0.275 e. The lowest BCUT2D eigenvalue weighted by Gasteiger charge is -2.16. The third-order valence-electron chi connectivity index (χ3n) is 4.17. The minimum Gasteiger partial charge on any atom is -0.355 e. The molecular formula is C20H28N3O2S+. The van der Waals surface area contributed by atoms with Gasteiger partial charge >= 0.3 is 0 Å². The first-order valence-corrected chi connectivity index (χ1v) is 9.89. The molecule has 2 rings (SSSR count). The number of rotatable bonds is 9. The maximum atomic E-state index is 12.1. The standard InChI is InChI=1S/C20H27N3O2S/c1-4-21-18(24)12-22-19(25)13-23-20(17-6-5-11-26-17)16-9-7-15(8-10-16)14(2)3/h5-11,14,20,23H,4,12-13H2,1-3H3,(H,21,24)(H,22,25)/p+1/t20-/m1/s1. The zero-order valence-corrected chi connectivity index (χ0v) is 16.4. The van der Waals surface area contributed by atoms with Crippen LogP contribution in [0.2, 0.25) is 0 Å². The molecule has 1 atom stereocenters. The van der Waals surface area contributed by atoms with E-state index in [1.165, 1.54) is 16.0 Å². The number of quaternary nitrogens is 1. The summed E-state index contributed by atoms with van der Waals surface area (Å²) in [5.74, 6) is 0.185. The monoisotopic (exact) mass is 374 g/mol. The molecule has 0 radical (unpaired) electrons. The second-order valence-electron chi connectivity index (χ2n) is 6.48. The lowest BCUT2D eigenvalue weighted by atomic mass is 9.98. The Morgan fingerprint density at radius 1 is 1.04 bits per heavy atom. The van der Waals surface area contributed by atoms with Crippen LogP contribution in [-0.2, 0) is 9.59 Å². The number of carbonyl (C=O) groups is 2. The molecule has 140 valence electrons. The molecule has 0 unspecified atom stereocenters. The first-order chi connectivity index (χ1) is 12.5. The van der Waals surface area contributed by atoms with Crippen LogP contribution in [0.3, 0.4) is 0 Å². The number of thiophene rings is 1. The molecule has 0 saturated heterocycles. The van der Waals surface area contributed by atoms with Crippen LogP contribution in [-0.4, -0.2) is 31.4 Å². The minimum atomic E-state index is -0.167. The lowest BCUT2D eigenvalue weighted by Crippen LogP contribution is -2.87. The van der Waals surface area contributed by atoms with Crippen LogP contribution in [0.25, 0.3) is 0 Å². The quantitative estimate of drug-likeness (QED) is 0.626. The van der Waals surface area contributed by atoms with Gasteiger partial charge in [-0.3, -0.25) is 9.59 Å². The number of nitrogens with one attached hydrogen (secondary N) is 2. The molecule has 0 aliphatic carbocycles. The van der Waals surface area contributed by atoms with Crippen molar-refractivity contribution in [3.8, 4) is 0 Å². The summed E-state index contributed by atoms with van der Waals surface area (Å²) in [5, 5.41) is 9.40. The number of benzene rings is 1. The normalized spacial score (nSPS) is 12.0. The number of amides is 2. The van der Waals surface area contributed by atoms with Crippen molar-refractivity contribution in [1.29, 1.82) is 0 Å². The van der Waals surface area contributed by atoms with E-state index < -0.39 is 0 Å². The van der Waals surface area contributed by atoms with Gasteiger partial charge in [-0.25, -0.2) is 0 Å². The third-order valence-corrected chi connectivity index (χ3v) is 5.13. The van der Waals surface area contributed by atoms with E-state index in [0.717, 1.165) is 0 Å². The molecule has 4 N–H and O–H groups in total. The first-order valence-electron chi connectivity index (χ1n) is 9.01. The number of likely N-dealkylation sites (N-methyl/N-ethyl adjacent to an activating group) is 1. The number of nitrogens with two attached hydrogens (primary N) is 1. The van der Waals surface area contributed by atoms with E-state index in [1.807, 2.05) is 23.7 Å². The third kappa shape index (κ3) is 5.97. The highest BCUT2D eigenvalue weighted by molar-refractivity contribution is 7.10. The van der Waals surface area contributed by atoms with Gasteiger partial charge in [-0.2, -0.15) is 0 Å². The molecule has 0 aliphatic heterocycles. The van der Waals surface area contributed by atoms with Gasteiger partial charge in [-0.05, 0) is 29.9 Å². The molecule has 0 saturated carbocycles. The van der Waals surface area contributed by atoms with Gasteiger partial charge in [0.05, 0.1) is 11.4 Å². The summed E-state index contributed by atoms with van der Waals surface area (Å²) in [6, 6.07) is 12.8. The van der Waals surface area contributed by atoms with Crippen molar-refractivity contribution in [2.24, 2.45) is 0 Å². The summed E-state index contributed by atoms with van der Waals surface area (Å²) in [7, 11) is 0.